The molecule has 70 valence electrons. The Labute approximate surface area is 77.4 Å². The van der Waals surface area contributed by atoms with Crippen LogP contribution in [0.1, 0.15) is 6.42 Å². The molecule has 0 spiro atoms. The van der Waals surface area contributed by atoms with Crippen molar-refractivity contribution in [2.75, 3.05) is 7.11 Å². The molecule has 0 radical (unpaired) electrons. The minimum absolute atomic E-state index is 0.387. The average Bonchev–Trinajstić information content (AvgIpc) is 2.04. The van der Waals surface area contributed by atoms with Crippen LogP contribution in [0, 0.1) is 5.92 Å². The normalized spacial score (nSPS) is 12.2. The third-order valence-corrected chi connectivity index (χ3v) is 2.75. The first-order chi connectivity index (χ1) is 5.63. The van der Waals surface area contributed by atoms with Gasteiger partial charge in [0.25, 0.3) is 0 Å². The van der Waals surface area contributed by atoms with E-state index >= 15 is 0 Å². The van der Waals surface area contributed by atoms with Crippen molar-refractivity contribution in [2.45, 2.75) is 17.6 Å². The van der Waals surface area contributed by atoms with Gasteiger partial charge in [0.1, 0.15) is 0 Å². The van der Waals surface area contributed by atoms with Crippen LogP contribution < -0.4 is 0 Å². The van der Waals surface area contributed by atoms with Crippen molar-refractivity contribution in [3.8, 4) is 0 Å². The van der Waals surface area contributed by atoms with Crippen molar-refractivity contribution in [3.63, 3.8) is 0 Å². The predicted molar refractivity (Wildman–Crippen MR) is 44.2 cm³/mol. The van der Waals surface area contributed by atoms with Crippen LogP contribution in [0.3, 0.4) is 0 Å². The van der Waals surface area contributed by atoms with E-state index in [0.717, 1.165) is 5.32 Å². The van der Waals surface area contributed by atoms with E-state index in [0.29, 0.717) is 21.4 Å². The number of methoxy groups -OCH3 is 1. The number of carbonyl (C=O) groups excluding carboxylic acids is 1. The molecule has 0 fully saturated rings. The third kappa shape index (κ3) is 3.74. The van der Waals surface area contributed by atoms with Crippen molar-refractivity contribution < 1.29 is 19.4 Å². The summed E-state index contributed by atoms with van der Waals surface area (Å²) in [4.78, 5) is 21.4. The van der Waals surface area contributed by atoms with Crippen LogP contribution in [0.25, 0.3) is 0 Å². The summed E-state index contributed by atoms with van der Waals surface area (Å²) in [6.45, 7) is 0. The van der Waals surface area contributed by atoms with Gasteiger partial charge in [-0.3, -0.25) is 0 Å². The van der Waals surface area contributed by atoms with E-state index in [1.807, 2.05) is 5.82 Å². The SMILES string of the molecule is COC(=O)C(CC[Se]C)C(=O)O. The fourth-order valence-corrected chi connectivity index (χ4v) is 1.71. The standard InChI is InChI=1S/C7H12O4Se/c1-11-7(10)5(6(8)9)3-4-12-2/h5H,3-4H2,1-2H3,(H,8,9). The Bertz CT molecular complexity index is 169. The summed E-state index contributed by atoms with van der Waals surface area (Å²) in [6, 6.07) is 0. The molecule has 5 heteroatoms. The van der Waals surface area contributed by atoms with Crippen LogP contribution in [0.4, 0.5) is 0 Å². The Morgan fingerprint density at radius 2 is 2.17 bits per heavy atom. The second-order valence-corrected chi connectivity index (χ2v) is 4.26. The average molecular weight is 239 g/mol. The van der Waals surface area contributed by atoms with Gasteiger partial charge in [-0.2, -0.15) is 0 Å². The molecule has 1 N–H and O–H groups in total. The van der Waals surface area contributed by atoms with Crippen LogP contribution >= 0.6 is 0 Å². The van der Waals surface area contributed by atoms with Gasteiger partial charge in [0.2, 0.25) is 0 Å². The first-order valence-corrected chi connectivity index (χ1v) is 6.35. The quantitative estimate of drug-likeness (QED) is 0.429. The molecule has 0 aliphatic rings. The molecule has 12 heavy (non-hydrogen) atoms. The van der Waals surface area contributed by atoms with E-state index in [1.54, 1.807) is 0 Å². The fraction of sp³-hybridized carbons (Fsp3) is 0.714. The molecule has 0 aliphatic carbocycles. The first kappa shape index (κ1) is 11.5. The second kappa shape index (κ2) is 6.03. The molecule has 0 aliphatic heterocycles. The number of rotatable bonds is 5. The molecule has 1 atom stereocenters. The Balaban J connectivity index is 4.04. The van der Waals surface area contributed by atoms with E-state index in [1.165, 1.54) is 7.11 Å². The molecule has 0 rings (SSSR count). The zero-order chi connectivity index (χ0) is 9.56. The van der Waals surface area contributed by atoms with Crippen molar-refractivity contribution in [2.24, 2.45) is 5.92 Å². The summed E-state index contributed by atoms with van der Waals surface area (Å²) in [5.74, 6) is -0.710. The Hall–Kier alpha value is -0.541. The Kier molecular flexibility index (Phi) is 5.76. The molecule has 0 saturated carbocycles. The van der Waals surface area contributed by atoms with E-state index < -0.39 is 17.9 Å². The number of carbonyl (C=O) groups is 2. The van der Waals surface area contributed by atoms with Crippen LogP contribution in [0.15, 0.2) is 0 Å². The maximum absolute atomic E-state index is 10.9. The summed E-state index contributed by atoms with van der Waals surface area (Å²) in [6.07, 6.45) is 0.387. The number of carboxylic acids is 1. The predicted octanol–water partition coefficient (Wildman–Crippen LogP) is 0.421. The fourth-order valence-electron chi connectivity index (χ4n) is 0.720. The molecule has 0 amide bonds. The minimum atomic E-state index is -1.09. The summed E-state index contributed by atoms with van der Waals surface area (Å²) < 4.78 is 4.36. The van der Waals surface area contributed by atoms with Gasteiger partial charge in [-0.1, -0.05) is 0 Å². The molecule has 0 aromatic heterocycles. The number of carboxylic acid groups (broad SMARTS) is 1. The topological polar surface area (TPSA) is 63.6 Å². The first-order valence-electron chi connectivity index (χ1n) is 3.43. The molecular weight excluding hydrogens is 227 g/mol. The Morgan fingerprint density at radius 1 is 1.58 bits per heavy atom. The van der Waals surface area contributed by atoms with Gasteiger partial charge in [-0.05, 0) is 0 Å². The van der Waals surface area contributed by atoms with E-state index in [9.17, 15) is 9.59 Å². The van der Waals surface area contributed by atoms with Crippen LogP contribution in [0.2, 0.25) is 11.1 Å². The van der Waals surface area contributed by atoms with Gasteiger partial charge in [0.05, 0.1) is 0 Å². The zero-order valence-corrected chi connectivity index (χ0v) is 8.78. The number of aliphatic carboxylic acids is 1. The van der Waals surface area contributed by atoms with Crippen LogP contribution in [-0.4, -0.2) is 39.1 Å². The number of esters is 1. The molecule has 0 saturated heterocycles. The number of ether oxygens (including phenoxy) is 1. The van der Waals surface area contributed by atoms with Crippen molar-refractivity contribution >= 4 is 26.9 Å². The zero-order valence-electron chi connectivity index (χ0n) is 7.07. The molecular formula is C7H12O4Se. The van der Waals surface area contributed by atoms with E-state index in [-0.39, 0.29) is 0 Å². The maximum atomic E-state index is 10.9. The van der Waals surface area contributed by atoms with E-state index in [4.69, 9.17) is 5.11 Å². The summed E-state index contributed by atoms with van der Waals surface area (Å²) >= 11 is 0.404. The monoisotopic (exact) mass is 240 g/mol. The van der Waals surface area contributed by atoms with E-state index in [2.05, 4.69) is 4.74 Å². The van der Waals surface area contributed by atoms with Crippen molar-refractivity contribution in [3.05, 3.63) is 0 Å². The van der Waals surface area contributed by atoms with Crippen LogP contribution in [0.5, 0.6) is 0 Å². The van der Waals surface area contributed by atoms with Gasteiger partial charge in [0.15, 0.2) is 0 Å². The summed E-state index contributed by atoms with van der Waals surface area (Å²) in [5.41, 5.74) is 0. The van der Waals surface area contributed by atoms with Crippen molar-refractivity contribution in [1.82, 2.24) is 0 Å². The second-order valence-electron chi connectivity index (χ2n) is 2.20. The third-order valence-electron chi connectivity index (χ3n) is 1.39. The number of hydrogen-bond acceptors (Lipinski definition) is 3. The van der Waals surface area contributed by atoms with Gasteiger partial charge in [-0.15, -0.1) is 0 Å². The molecule has 1 unspecified atom stereocenters. The van der Waals surface area contributed by atoms with Crippen LogP contribution in [-0.2, 0) is 14.3 Å². The van der Waals surface area contributed by atoms with Gasteiger partial charge in [0, 0.05) is 0 Å². The molecule has 0 bridgehead atoms. The molecule has 0 heterocycles. The summed E-state index contributed by atoms with van der Waals surface area (Å²) in [7, 11) is 1.20. The van der Waals surface area contributed by atoms with Gasteiger partial charge < -0.3 is 0 Å². The molecule has 0 aromatic carbocycles. The number of hydrogen-bond donors (Lipinski definition) is 1. The molecule has 0 aromatic rings. The summed E-state index contributed by atoms with van der Waals surface area (Å²) in [5, 5.41) is 9.40. The Morgan fingerprint density at radius 3 is 2.50 bits per heavy atom. The molecule has 4 nitrogen and oxygen atoms in total. The van der Waals surface area contributed by atoms with Gasteiger partial charge >= 0.3 is 76.9 Å². The van der Waals surface area contributed by atoms with Gasteiger partial charge in [-0.25, -0.2) is 0 Å². The van der Waals surface area contributed by atoms with Crippen molar-refractivity contribution in [1.29, 1.82) is 0 Å².